The average Bonchev–Trinajstić information content (AvgIpc) is 2.37. The van der Waals surface area contributed by atoms with E-state index in [-0.39, 0.29) is 24.0 Å². The van der Waals surface area contributed by atoms with Crippen LogP contribution in [0.15, 0.2) is 24.3 Å². The van der Waals surface area contributed by atoms with E-state index in [1.54, 1.807) is 6.07 Å². The second-order valence-corrected chi connectivity index (χ2v) is 4.63. The highest BCUT2D eigenvalue weighted by Gasteiger charge is 2.37. The molecule has 0 radical (unpaired) electrons. The molecule has 0 amide bonds. The minimum atomic E-state index is -4.34. The lowest BCUT2D eigenvalue weighted by atomic mass is 9.80. The molecule has 2 N–H and O–H groups in total. The molecule has 1 aliphatic rings. The monoisotopic (exact) mass is 259 g/mol. The maximum Gasteiger partial charge on any atom is 0.416 e. The van der Waals surface area contributed by atoms with Crippen LogP contribution in [0.2, 0.25) is 0 Å². The van der Waals surface area contributed by atoms with Crippen LogP contribution in [0, 0.1) is 5.92 Å². The second kappa shape index (κ2) is 5.28. The molecule has 1 heterocycles. The maximum atomic E-state index is 13.0. The zero-order chi connectivity index (χ0) is 13.2. The lowest BCUT2D eigenvalue weighted by molar-refractivity contribution is -0.138. The molecule has 1 aromatic rings. The van der Waals surface area contributed by atoms with Crippen LogP contribution in [0.1, 0.15) is 23.5 Å². The number of rotatable bonds is 2. The summed E-state index contributed by atoms with van der Waals surface area (Å²) in [5.41, 5.74) is -0.298. The van der Waals surface area contributed by atoms with E-state index in [4.69, 9.17) is 0 Å². The van der Waals surface area contributed by atoms with Crippen molar-refractivity contribution in [2.75, 3.05) is 19.7 Å². The van der Waals surface area contributed by atoms with E-state index < -0.39 is 11.7 Å². The Morgan fingerprint density at radius 2 is 2.00 bits per heavy atom. The number of benzene rings is 1. The van der Waals surface area contributed by atoms with Crippen molar-refractivity contribution in [3.8, 4) is 0 Å². The van der Waals surface area contributed by atoms with Crippen molar-refractivity contribution in [2.45, 2.75) is 18.5 Å². The van der Waals surface area contributed by atoms with Gasteiger partial charge in [0, 0.05) is 19.1 Å². The van der Waals surface area contributed by atoms with Crippen molar-refractivity contribution in [2.24, 2.45) is 5.92 Å². The molecule has 1 saturated heterocycles. The molecule has 0 bridgehead atoms. The standard InChI is InChI=1S/C13H16F3NO/c14-13(15,16)12-4-2-1-3-10(12)11-7-17-6-5-9(11)8-18/h1-4,9,11,17-18H,5-8H2. The normalized spacial score (nSPS) is 25.1. The van der Waals surface area contributed by atoms with Crippen LogP contribution >= 0.6 is 0 Å². The Morgan fingerprint density at radius 3 is 2.67 bits per heavy atom. The summed E-state index contributed by atoms with van der Waals surface area (Å²) < 4.78 is 38.9. The molecule has 1 aliphatic heterocycles. The Morgan fingerprint density at radius 1 is 1.28 bits per heavy atom. The third kappa shape index (κ3) is 2.67. The molecule has 18 heavy (non-hydrogen) atoms. The predicted molar refractivity (Wildman–Crippen MR) is 62.2 cm³/mol. The van der Waals surface area contributed by atoms with Crippen molar-refractivity contribution in [1.82, 2.24) is 5.32 Å². The molecule has 0 saturated carbocycles. The van der Waals surface area contributed by atoms with Gasteiger partial charge in [0.1, 0.15) is 0 Å². The Hall–Kier alpha value is -1.07. The molecule has 5 heteroatoms. The summed E-state index contributed by atoms with van der Waals surface area (Å²) in [6.45, 7) is 1.16. The molecule has 0 aromatic heterocycles. The quantitative estimate of drug-likeness (QED) is 0.854. The minimum absolute atomic E-state index is 0.0709. The summed E-state index contributed by atoms with van der Waals surface area (Å²) >= 11 is 0. The van der Waals surface area contributed by atoms with Gasteiger partial charge in [-0.2, -0.15) is 13.2 Å². The molecule has 2 unspecified atom stereocenters. The third-order valence-corrected chi connectivity index (χ3v) is 3.53. The van der Waals surface area contributed by atoms with Gasteiger partial charge in [-0.25, -0.2) is 0 Å². The smallest absolute Gasteiger partial charge is 0.396 e. The first-order valence-electron chi connectivity index (χ1n) is 6.01. The van der Waals surface area contributed by atoms with E-state index in [1.807, 2.05) is 0 Å². The number of piperidine rings is 1. The van der Waals surface area contributed by atoms with Crippen LogP contribution in [0.5, 0.6) is 0 Å². The Labute approximate surface area is 104 Å². The number of hydrogen-bond acceptors (Lipinski definition) is 2. The van der Waals surface area contributed by atoms with E-state index in [0.717, 1.165) is 12.6 Å². The van der Waals surface area contributed by atoms with Crippen molar-refractivity contribution in [1.29, 1.82) is 0 Å². The summed E-state index contributed by atoms with van der Waals surface area (Å²) in [6, 6.07) is 5.64. The Kier molecular flexibility index (Phi) is 3.92. The molecular formula is C13H16F3NO. The lowest BCUT2D eigenvalue weighted by Gasteiger charge is -2.32. The van der Waals surface area contributed by atoms with Gasteiger partial charge in [-0.05, 0) is 30.5 Å². The first-order valence-corrected chi connectivity index (χ1v) is 6.01. The zero-order valence-corrected chi connectivity index (χ0v) is 9.87. The highest BCUT2D eigenvalue weighted by molar-refractivity contribution is 5.34. The molecular weight excluding hydrogens is 243 g/mol. The van der Waals surface area contributed by atoms with Crippen LogP contribution in [0.4, 0.5) is 13.2 Å². The Bertz CT molecular complexity index is 405. The van der Waals surface area contributed by atoms with Crippen molar-refractivity contribution in [3.05, 3.63) is 35.4 Å². The van der Waals surface area contributed by atoms with Crippen molar-refractivity contribution in [3.63, 3.8) is 0 Å². The molecule has 2 atom stereocenters. The molecule has 2 nitrogen and oxygen atoms in total. The van der Waals surface area contributed by atoms with E-state index in [1.165, 1.54) is 12.1 Å². The van der Waals surface area contributed by atoms with E-state index in [2.05, 4.69) is 5.32 Å². The molecule has 100 valence electrons. The fourth-order valence-electron chi connectivity index (χ4n) is 2.57. The van der Waals surface area contributed by atoms with Crippen molar-refractivity contribution >= 4 is 0 Å². The van der Waals surface area contributed by atoms with Gasteiger partial charge in [0.15, 0.2) is 0 Å². The average molecular weight is 259 g/mol. The maximum absolute atomic E-state index is 13.0. The SMILES string of the molecule is OCC1CCNCC1c1ccccc1C(F)(F)F. The first-order chi connectivity index (χ1) is 8.54. The predicted octanol–water partition coefficient (Wildman–Crippen LogP) is 2.39. The van der Waals surface area contributed by atoms with Gasteiger partial charge in [0.05, 0.1) is 5.56 Å². The minimum Gasteiger partial charge on any atom is -0.396 e. The number of aliphatic hydroxyl groups is 1. The summed E-state index contributed by atoms with van der Waals surface area (Å²) in [5.74, 6) is -0.378. The summed E-state index contributed by atoms with van der Waals surface area (Å²) in [4.78, 5) is 0. The van der Waals surface area contributed by atoms with Crippen LogP contribution in [0.3, 0.4) is 0 Å². The summed E-state index contributed by atoms with van der Waals surface area (Å²) in [7, 11) is 0. The van der Waals surface area contributed by atoms with Gasteiger partial charge in [-0.15, -0.1) is 0 Å². The summed E-state index contributed by atoms with van der Waals surface area (Å²) in [6.07, 6.45) is -3.64. The van der Waals surface area contributed by atoms with Crippen LogP contribution < -0.4 is 5.32 Å². The number of hydrogen-bond donors (Lipinski definition) is 2. The zero-order valence-electron chi connectivity index (χ0n) is 9.87. The second-order valence-electron chi connectivity index (χ2n) is 4.63. The topological polar surface area (TPSA) is 32.3 Å². The van der Waals surface area contributed by atoms with Crippen LogP contribution in [0.25, 0.3) is 0 Å². The van der Waals surface area contributed by atoms with Gasteiger partial charge < -0.3 is 10.4 Å². The van der Waals surface area contributed by atoms with Crippen molar-refractivity contribution < 1.29 is 18.3 Å². The van der Waals surface area contributed by atoms with E-state index in [9.17, 15) is 18.3 Å². The molecule has 0 spiro atoms. The number of aliphatic hydroxyl groups excluding tert-OH is 1. The number of nitrogens with one attached hydrogen (secondary N) is 1. The summed E-state index contributed by atoms with van der Waals surface area (Å²) in [5, 5.41) is 12.4. The largest absolute Gasteiger partial charge is 0.416 e. The number of alkyl halides is 3. The van der Waals surface area contributed by atoms with Gasteiger partial charge in [-0.1, -0.05) is 18.2 Å². The van der Waals surface area contributed by atoms with E-state index in [0.29, 0.717) is 13.0 Å². The van der Waals surface area contributed by atoms with Crippen LogP contribution in [-0.4, -0.2) is 24.8 Å². The fourth-order valence-corrected chi connectivity index (χ4v) is 2.57. The molecule has 0 aliphatic carbocycles. The third-order valence-electron chi connectivity index (χ3n) is 3.53. The highest BCUT2D eigenvalue weighted by atomic mass is 19.4. The lowest BCUT2D eigenvalue weighted by Crippen LogP contribution is -2.37. The number of halogens is 3. The van der Waals surface area contributed by atoms with Gasteiger partial charge in [-0.3, -0.25) is 0 Å². The first kappa shape index (κ1) is 13.4. The Balaban J connectivity index is 2.37. The van der Waals surface area contributed by atoms with E-state index >= 15 is 0 Å². The molecule has 1 aromatic carbocycles. The highest BCUT2D eigenvalue weighted by Crippen LogP contribution is 2.38. The van der Waals surface area contributed by atoms with Gasteiger partial charge >= 0.3 is 6.18 Å². The van der Waals surface area contributed by atoms with Gasteiger partial charge in [0.2, 0.25) is 0 Å². The fraction of sp³-hybridized carbons (Fsp3) is 0.538. The van der Waals surface area contributed by atoms with Crippen LogP contribution in [-0.2, 0) is 6.18 Å². The van der Waals surface area contributed by atoms with Gasteiger partial charge in [0.25, 0.3) is 0 Å². The molecule has 2 rings (SSSR count). The molecule has 1 fully saturated rings.